The van der Waals surface area contributed by atoms with Crippen LogP contribution in [0.4, 0.5) is 11.4 Å². The van der Waals surface area contributed by atoms with E-state index in [9.17, 15) is 9.59 Å². The minimum atomic E-state index is -0.116. The summed E-state index contributed by atoms with van der Waals surface area (Å²) in [6, 6.07) is 13.4. The highest BCUT2D eigenvalue weighted by atomic mass is 32.2. The van der Waals surface area contributed by atoms with Crippen LogP contribution in [0, 0.1) is 0 Å². The molecule has 1 heterocycles. The smallest absolute Gasteiger partial charge is 0.251 e. The van der Waals surface area contributed by atoms with Crippen LogP contribution in [0.5, 0.6) is 0 Å². The molecule has 5 nitrogen and oxygen atoms in total. The van der Waals surface area contributed by atoms with Crippen molar-refractivity contribution in [3.05, 3.63) is 53.6 Å². The molecule has 2 aromatic rings. The molecular formula is C18H19N3O2S. The molecule has 0 aromatic heterocycles. The molecular weight excluding hydrogens is 322 g/mol. The lowest BCUT2D eigenvalue weighted by molar-refractivity contribution is -0.113. The number of carbonyl (C=O) groups excluding carboxylic acids is 2. The van der Waals surface area contributed by atoms with E-state index in [2.05, 4.69) is 10.6 Å². The fourth-order valence-electron chi connectivity index (χ4n) is 2.45. The van der Waals surface area contributed by atoms with Gasteiger partial charge in [0.05, 0.1) is 11.4 Å². The molecule has 2 N–H and O–H groups in total. The minimum Gasteiger partial charge on any atom is -0.378 e. The van der Waals surface area contributed by atoms with Crippen molar-refractivity contribution in [2.24, 2.45) is 0 Å². The fourth-order valence-corrected chi connectivity index (χ4v) is 3.24. The molecule has 1 aliphatic heterocycles. The van der Waals surface area contributed by atoms with Crippen LogP contribution >= 0.6 is 11.8 Å². The number of hydrogen-bond donors (Lipinski definition) is 2. The van der Waals surface area contributed by atoms with Crippen molar-refractivity contribution in [1.29, 1.82) is 0 Å². The van der Waals surface area contributed by atoms with Gasteiger partial charge in [0.1, 0.15) is 0 Å². The predicted molar refractivity (Wildman–Crippen MR) is 97.7 cm³/mol. The Morgan fingerprint density at radius 3 is 2.88 bits per heavy atom. The van der Waals surface area contributed by atoms with E-state index in [1.54, 1.807) is 6.07 Å². The SMILES string of the molecule is CN(C)c1cccc(C(=O)NCc2ccc3c(c2)NC(=O)CS3)c1. The van der Waals surface area contributed by atoms with Gasteiger partial charge in [-0.3, -0.25) is 9.59 Å². The third kappa shape index (κ3) is 3.71. The standard InChI is InChI=1S/C18H19N3O2S/c1-21(2)14-5-3-4-13(9-14)18(23)19-10-12-6-7-16-15(8-12)20-17(22)11-24-16/h3-9H,10-11H2,1-2H3,(H,19,23)(H,20,22). The number of nitrogens with zero attached hydrogens (tertiary/aromatic N) is 1. The monoisotopic (exact) mass is 341 g/mol. The molecule has 0 spiro atoms. The third-order valence-electron chi connectivity index (χ3n) is 3.75. The molecule has 2 amide bonds. The number of carbonyl (C=O) groups is 2. The maximum Gasteiger partial charge on any atom is 0.251 e. The lowest BCUT2D eigenvalue weighted by Gasteiger charge is -2.17. The van der Waals surface area contributed by atoms with Gasteiger partial charge >= 0.3 is 0 Å². The summed E-state index contributed by atoms with van der Waals surface area (Å²) in [4.78, 5) is 26.8. The maximum absolute atomic E-state index is 12.3. The first-order chi connectivity index (χ1) is 11.5. The quantitative estimate of drug-likeness (QED) is 0.898. The van der Waals surface area contributed by atoms with Crippen molar-refractivity contribution in [2.75, 3.05) is 30.1 Å². The molecule has 0 fully saturated rings. The molecule has 0 bridgehead atoms. The molecule has 1 aliphatic rings. The van der Waals surface area contributed by atoms with E-state index in [0.29, 0.717) is 17.9 Å². The van der Waals surface area contributed by atoms with E-state index in [-0.39, 0.29) is 11.8 Å². The van der Waals surface area contributed by atoms with E-state index in [1.807, 2.05) is 55.4 Å². The molecule has 2 aromatic carbocycles. The number of amides is 2. The van der Waals surface area contributed by atoms with Crippen LogP contribution in [0.3, 0.4) is 0 Å². The van der Waals surface area contributed by atoms with Crippen LogP contribution in [0.2, 0.25) is 0 Å². The summed E-state index contributed by atoms with van der Waals surface area (Å²) < 4.78 is 0. The summed E-state index contributed by atoms with van der Waals surface area (Å²) in [5.41, 5.74) is 3.38. The second kappa shape index (κ2) is 6.97. The summed E-state index contributed by atoms with van der Waals surface area (Å²) in [7, 11) is 3.88. The van der Waals surface area contributed by atoms with Gasteiger partial charge in [0.25, 0.3) is 5.91 Å². The van der Waals surface area contributed by atoms with Gasteiger partial charge in [-0.2, -0.15) is 0 Å². The molecule has 0 saturated carbocycles. The number of nitrogens with one attached hydrogen (secondary N) is 2. The van der Waals surface area contributed by atoms with Gasteiger partial charge in [-0.05, 0) is 35.9 Å². The van der Waals surface area contributed by atoms with Gasteiger partial charge in [0, 0.05) is 36.8 Å². The average Bonchev–Trinajstić information content (AvgIpc) is 2.59. The van der Waals surface area contributed by atoms with Crippen molar-refractivity contribution >= 4 is 35.0 Å². The summed E-state index contributed by atoms with van der Waals surface area (Å²) in [6.07, 6.45) is 0. The largest absolute Gasteiger partial charge is 0.378 e. The predicted octanol–water partition coefficient (Wildman–Crippen LogP) is 2.73. The Morgan fingerprint density at radius 2 is 2.08 bits per heavy atom. The van der Waals surface area contributed by atoms with E-state index in [0.717, 1.165) is 21.8 Å². The van der Waals surface area contributed by atoms with Crippen molar-refractivity contribution in [3.63, 3.8) is 0 Å². The average molecular weight is 341 g/mol. The second-order valence-electron chi connectivity index (χ2n) is 5.79. The van der Waals surface area contributed by atoms with Gasteiger partial charge < -0.3 is 15.5 Å². The van der Waals surface area contributed by atoms with E-state index in [4.69, 9.17) is 0 Å². The van der Waals surface area contributed by atoms with Crippen LogP contribution in [0.1, 0.15) is 15.9 Å². The van der Waals surface area contributed by atoms with Crippen molar-refractivity contribution < 1.29 is 9.59 Å². The van der Waals surface area contributed by atoms with Gasteiger partial charge in [-0.1, -0.05) is 12.1 Å². The summed E-state index contributed by atoms with van der Waals surface area (Å²) in [6.45, 7) is 0.416. The molecule has 0 unspecified atom stereocenters. The highest BCUT2D eigenvalue weighted by Crippen LogP contribution is 2.31. The second-order valence-corrected chi connectivity index (χ2v) is 6.81. The topological polar surface area (TPSA) is 61.4 Å². The zero-order valence-electron chi connectivity index (χ0n) is 13.6. The highest BCUT2D eigenvalue weighted by molar-refractivity contribution is 8.00. The van der Waals surface area contributed by atoms with Crippen LogP contribution in [0.15, 0.2) is 47.4 Å². The van der Waals surface area contributed by atoms with Gasteiger partial charge in [0.15, 0.2) is 0 Å². The van der Waals surface area contributed by atoms with E-state index < -0.39 is 0 Å². The van der Waals surface area contributed by atoms with Gasteiger partial charge in [-0.15, -0.1) is 11.8 Å². The van der Waals surface area contributed by atoms with Crippen LogP contribution in [-0.2, 0) is 11.3 Å². The first-order valence-electron chi connectivity index (χ1n) is 7.64. The van der Waals surface area contributed by atoms with Gasteiger partial charge in [0.2, 0.25) is 5.91 Å². The summed E-state index contributed by atoms with van der Waals surface area (Å²) >= 11 is 1.53. The Morgan fingerprint density at radius 1 is 1.25 bits per heavy atom. The molecule has 0 atom stereocenters. The number of anilines is 2. The first-order valence-corrected chi connectivity index (χ1v) is 8.62. The van der Waals surface area contributed by atoms with Crippen LogP contribution in [0.25, 0.3) is 0 Å². The molecule has 6 heteroatoms. The summed E-state index contributed by atoms with van der Waals surface area (Å²) in [5.74, 6) is 0.342. The molecule has 24 heavy (non-hydrogen) atoms. The van der Waals surface area contributed by atoms with Crippen LogP contribution < -0.4 is 15.5 Å². The molecule has 3 rings (SSSR count). The number of benzene rings is 2. The maximum atomic E-state index is 12.3. The molecule has 124 valence electrons. The molecule has 0 saturated heterocycles. The minimum absolute atomic E-state index is 0.00851. The third-order valence-corrected chi connectivity index (χ3v) is 4.83. The zero-order chi connectivity index (χ0) is 17.1. The number of thioether (sulfide) groups is 1. The molecule has 0 aliphatic carbocycles. The lowest BCUT2D eigenvalue weighted by atomic mass is 10.1. The zero-order valence-corrected chi connectivity index (χ0v) is 14.4. The fraction of sp³-hybridized carbons (Fsp3) is 0.222. The van der Waals surface area contributed by atoms with E-state index in [1.165, 1.54) is 11.8 Å². The Labute approximate surface area is 145 Å². The number of rotatable bonds is 4. The highest BCUT2D eigenvalue weighted by Gasteiger charge is 2.15. The van der Waals surface area contributed by atoms with Crippen molar-refractivity contribution in [1.82, 2.24) is 5.32 Å². The van der Waals surface area contributed by atoms with E-state index >= 15 is 0 Å². The van der Waals surface area contributed by atoms with Crippen LogP contribution in [-0.4, -0.2) is 31.7 Å². The Bertz CT molecular complexity index is 790. The van der Waals surface area contributed by atoms with Gasteiger partial charge in [-0.25, -0.2) is 0 Å². The van der Waals surface area contributed by atoms with Crippen molar-refractivity contribution in [3.8, 4) is 0 Å². The normalized spacial score (nSPS) is 13.0. The first kappa shape index (κ1) is 16.4. The molecule has 0 radical (unpaired) electrons. The van der Waals surface area contributed by atoms with Crippen molar-refractivity contribution in [2.45, 2.75) is 11.4 Å². The Hall–Kier alpha value is -2.47. The summed E-state index contributed by atoms with van der Waals surface area (Å²) in [5, 5.41) is 5.78. The number of hydrogen-bond acceptors (Lipinski definition) is 4. The Balaban J connectivity index is 1.67. The number of fused-ring (bicyclic) bond motifs is 1. The lowest BCUT2D eigenvalue weighted by Crippen LogP contribution is -2.24. The Kier molecular flexibility index (Phi) is 4.76.